The van der Waals surface area contributed by atoms with Gasteiger partial charge in [0.1, 0.15) is 0 Å². The van der Waals surface area contributed by atoms with Crippen molar-refractivity contribution in [2.45, 2.75) is 90.6 Å². The largest absolute Gasteiger partial charge is 0.481 e. The molecule has 0 radical (unpaired) electrons. The predicted octanol–water partition coefficient (Wildman–Crippen LogP) is 4.79. The van der Waals surface area contributed by atoms with Gasteiger partial charge in [-0.15, -0.1) is 0 Å². The van der Waals surface area contributed by atoms with Crippen LogP contribution in [-0.4, -0.2) is 33.5 Å². The van der Waals surface area contributed by atoms with Gasteiger partial charge in [-0.3, -0.25) is 4.79 Å². The number of aliphatic carboxylic acids is 1. The summed E-state index contributed by atoms with van der Waals surface area (Å²) in [6.45, 7) is 7.20. The van der Waals surface area contributed by atoms with Gasteiger partial charge in [0.05, 0.1) is 5.60 Å². The van der Waals surface area contributed by atoms with Crippen LogP contribution in [0.4, 0.5) is 0 Å². The van der Waals surface area contributed by atoms with Crippen molar-refractivity contribution in [2.75, 3.05) is 6.61 Å². The lowest BCUT2D eigenvalue weighted by atomic mass is 9.44. The van der Waals surface area contributed by atoms with Crippen LogP contribution >= 0.6 is 0 Å². The minimum Gasteiger partial charge on any atom is -0.481 e. The van der Waals surface area contributed by atoms with E-state index in [-0.39, 0.29) is 23.9 Å². The topological polar surface area (TPSA) is 77.8 Å². The maximum Gasteiger partial charge on any atom is 0.303 e. The normalized spacial score (nSPS) is 47.6. The maximum atomic E-state index is 12.2. The number of hydrogen-bond donors (Lipinski definition) is 3. The molecule has 3 N–H and O–H groups in total. The average Bonchev–Trinajstić information content (AvgIpc) is 2.97. The number of carbonyl (C=O) groups is 1. The molecule has 0 bridgehead atoms. The van der Waals surface area contributed by atoms with E-state index in [9.17, 15) is 15.0 Å². The first-order chi connectivity index (χ1) is 13.7. The zero-order valence-corrected chi connectivity index (χ0v) is 18.5. The minimum atomic E-state index is -0.711. The fourth-order valence-electron chi connectivity index (χ4n) is 8.42. The third-order valence-corrected chi connectivity index (χ3v) is 10.2. The highest BCUT2D eigenvalue weighted by molar-refractivity contribution is 5.66. The summed E-state index contributed by atoms with van der Waals surface area (Å²) in [5, 5.41) is 30.9. The Balaban J connectivity index is 1.59. The van der Waals surface area contributed by atoms with Gasteiger partial charge in [0.15, 0.2) is 0 Å². The summed E-state index contributed by atoms with van der Waals surface area (Å²) < 4.78 is 0. The molecule has 29 heavy (non-hydrogen) atoms. The van der Waals surface area contributed by atoms with E-state index in [1.165, 1.54) is 6.42 Å². The van der Waals surface area contributed by atoms with Crippen molar-refractivity contribution in [3.8, 4) is 0 Å². The lowest BCUT2D eigenvalue weighted by Gasteiger charge is -2.62. The van der Waals surface area contributed by atoms with E-state index in [4.69, 9.17) is 5.11 Å². The first-order valence-electron chi connectivity index (χ1n) is 11.9. The van der Waals surface area contributed by atoms with Gasteiger partial charge in [-0.05, 0) is 92.3 Å². The van der Waals surface area contributed by atoms with Crippen LogP contribution in [0.25, 0.3) is 0 Å². The van der Waals surface area contributed by atoms with Gasteiger partial charge in [-0.25, -0.2) is 0 Å². The molecule has 0 amide bonds. The van der Waals surface area contributed by atoms with Crippen LogP contribution in [0.2, 0.25) is 0 Å². The zero-order chi connectivity index (χ0) is 21.0. The molecule has 4 rings (SSSR count). The first kappa shape index (κ1) is 21.4. The Hall–Kier alpha value is -0.870. The van der Waals surface area contributed by atoms with Crippen molar-refractivity contribution < 1.29 is 20.1 Å². The number of fused-ring (bicyclic) bond motifs is 5. The van der Waals surface area contributed by atoms with E-state index in [1.807, 2.05) is 0 Å². The molecule has 8 atom stereocenters. The van der Waals surface area contributed by atoms with Gasteiger partial charge < -0.3 is 15.3 Å². The van der Waals surface area contributed by atoms with Crippen molar-refractivity contribution in [1.82, 2.24) is 0 Å². The molecule has 0 aliphatic heterocycles. The van der Waals surface area contributed by atoms with Crippen molar-refractivity contribution in [1.29, 1.82) is 0 Å². The molecule has 0 saturated heterocycles. The van der Waals surface area contributed by atoms with Crippen LogP contribution in [0.1, 0.15) is 85.0 Å². The maximum absolute atomic E-state index is 12.2. The quantitative estimate of drug-likeness (QED) is 0.576. The van der Waals surface area contributed by atoms with Crippen LogP contribution in [0.15, 0.2) is 11.6 Å². The molecule has 0 aromatic rings. The molecule has 3 fully saturated rings. The Morgan fingerprint density at radius 3 is 2.59 bits per heavy atom. The molecular weight excluding hydrogens is 364 g/mol. The van der Waals surface area contributed by atoms with Gasteiger partial charge in [0, 0.05) is 18.9 Å². The second-order valence-electron chi connectivity index (χ2n) is 11.3. The second kappa shape index (κ2) is 7.37. The Morgan fingerprint density at radius 2 is 1.90 bits per heavy atom. The van der Waals surface area contributed by atoms with E-state index in [0.717, 1.165) is 44.9 Å². The highest BCUT2D eigenvalue weighted by atomic mass is 16.4. The number of hydrogen-bond acceptors (Lipinski definition) is 3. The standard InChI is InChI=1S/C25H40O4/c1-16(4-7-22(27)28)19-10-13-25(29)21-6-5-18-14-17(15-26)8-11-23(18,2)20(21)9-12-24(19,25)3/h14,16-17,19-21,26,29H,4-13,15H2,1-3H3,(H,27,28)/t16?,17-,19?,20+,21?,23+,24-,25-/m1/s1. The number of aliphatic hydroxyl groups excluding tert-OH is 1. The molecule has 0 aromatic heterocycles. The average molecular weight is 405 g/mol. The van der Waals surface area contributed by atoms with Crippen LogP contribution < -0.4 is 0 Å². The number of rotatable bonds is 5. The summed E-state index contributed by atoms with van der Waals surface area (Å²) in [5.74, 6) is 1.26. The molecule has 0 aromatic carbocycles. The van der Waals surface area contributed by atoms with Gasteiger partial charge in [0.2, 0.25) is 0 Å². The first-order valence-corrected chi connectivity index (χ1v) is 11.9. The zero-order valence-electron chi connectivity index (χ0n) is 18.5. The van der Waals surface area contributed by atoms with Gasteiger partial charge in [-0.2, -0.15) is 0 Å². The SMILES string of the molecule is CC(CCC(=O)O)C1CC[C@@]2(O)C3CCC4=C[C@H](CO)CC[C@]4(C)[C@H]3CC[C@]12C. The molecule has 4 nitrogen and oxygen atoms in total. The van der Waals surface area contributed by atoms with Crippen molar-refractivity contribution in [3.63, 3.8) is 0 Å². The lowest BCUT2D eigenvalue weighted by Crippen LogP contribution is -2.61. The Labute approximate surface area is 175 Å². The van der Waals surface area contributed by atoms with E-state index >= 15 is 0 Å². The van der Waals surface area contributed by atoms with Crippen LogP contribution in [0.3, 0.4) is 0 Å². The summed E-state index contributed by atoms with van der Waals surface area (Å²) in [6.07, 6.45) is 11.8. The fourth-order valence-corrected chi connectivity index (χ4v) is 8.42. The van der Waals surface area contributed by atoms with Gasteiger partial charge in [-0.1, -0.05) is 32.4 Å². The van der Waals surface area contributed by atoms with Crippen molar-refractivity contribution in [3.05, 3.63) is 11.6 Å². The van der Waals surface area contributed by atoms with Gasteiger partial charge in [0.25, 0.3) is 0 Å². The summed E-state index contributed by atoms with van der Waals surface area (Å²) in [5.41, 5.74) is 1.02. The molecule has 3 unspecified atom stereocenters. The minimum absolute atomic E-state index is 0.0913. The predicted molar refractivity (Wildman–Crippen MR) is 113 cm³/mol. The van der Waals surface area contributed by atoms with Crippen molar-refractivity contribution >= 4 is 5.97 Å². The molecule has 4 aliphatic rings. The third kappa shape index (κ3) is 3.12. The number of carboxylic acids is 1. The molecule has 0 heterocycles. The van der Waals surface area contributed by atoms with Crippen LogP contribution in [-0.2, 0) is 4.79 Å². The molecule has 0 spiro atoms. The van der Waals surface area contributed by atoms with Crippen LogP contribution in [0, 0.1) is 40.4 Å². The summed E-state index contributed by atoms with van der Waals surface area (Å²) >= 11 is 0. The molecule has 4 heteroatoms. The molecule has 3 saturated carbocycles. The molecular formula is C25H40O4. The highest BCUT2D eigenvalue weighted by Crippen LogP contribution is 2.69. The van der Waals surface area contributed by atoms with E-state index in [0.29, 0.717) is 36.0 Å². The van der Waals surface area contributed by atoms with Gasteiger partial charge >= 0.3 is 5.97 Å². The number of carboxylic acid groups (broad SMARTS) is 1. The van der Waals surface area contributed by atoms with Crippen molar-refractivity contribution in [2.24, 2.45) is 40.4 Å². The van der Waals surface area contributed by atoms with E-state index in [1.54, 1.807) is 5.57 Å². The number of aliphatic hydroxyl groups is 2. The summed E-state index contributed by atoms with van der Waals surface area (Å²) in [7, 11) is 0. The molecule has 164 valence electrons. The molecule has 4 aliphatic carbocycles. The highest BCUT2D eigenvalue weighted by Gasteiger charge is 2.66. The summed E-state index contributed by atoms with van der Waals surface area (Å²) in [6, 6.07) is 0. The lowest BCUT2D eigenvalue weighted by molar-refractivity contribution is -0.188. The Kier molecular flexibility index (Phi) is 5.43. The monoisotopic (exact) mass is 404 g/mol. The smallest absolute Gasteiger partial charge is 0.303 e. The summed E-state index contributed by atoms with van der Waals surface area (Å²) in [4.78, 5) is 11.1. The van der Waals surface area contributed by atoms with E-state index in [2.05, 4.69) is 26.8 Å². The third-order valence-electron chi connectivity index (χ3n) is 10.2. The Morgan fingerprint density at radius 1 is 1.14 bits per heavy atom. The van der Waals surface area contributed by atoms with Crippen LogP contribution in [0.5, 0.6) is 0 Å². The fraction of sp³-hybridized carbons (Fsp3) is 0.880. The Bertz CT molecular complexity index is 686. The van der Waals surface area contributed by atoms with E-state index < -0.39 is 11.6 Å². The number of allylic oxidation sites excluding steroid dienone is 1. The second-order valence-corrected chi connectivity index (χ2v) is 11.3.